The Morgan fingerprint density at radius 1 is 0.419 bits per heavy atom. The molecular formula is C34H54AlLiN2O5S43. The molecule has 0 atom stereocenters. The predicted octanol–water partition coefficient (Wildman–Crippen LogP) is 3.03. The van der Waals surface area contributed by atoms with Crippen molar-refractivity contribution in [3.8, 4) is 6.07 Å². The van der Waals surface area contributed by atoms with Crippen LogP contribution in [0, 0.1) is 22.2 Å². The van der Waals surface area contributed by atoms with Crippen LogP contribution in [-0.2, 0) is 421 Å². The Bertz CT molecular complexity index is 4120. The maximum atomic E-state index is 8.76. The van der Waals surface area contributed by atoms with E-state index in [2.05, 4.69) is 33.8 Å². The van der Waals surface area contributed by atoms with E-state index < -0.39 is 0 Å². The van der Waals surface area contributed by atoms with Crippen LogP contribution < -0.4 is 24.6 Å². The monoisotopic (exact) mass is 1980 g/mol. The maximum absolute atomic E-state index is 8.76. The van der Waals surface area contributed by atoms with Gasteiger partial charge in [0, 0.05) is 433 Å². The van der Waals surface area contributed by atoms with E-state index in [0.717, 1.165) is 82.0 Å². The summed E-state index contributed by atoms with van der Waals surface area (Å²) in [6.45, 7) is 14.4. The molecule has 492 valence electrons. The molecule has 0 saturated carbocycles. The van der Waals surface area contributed by atoms with Crippen molar-refractivity contribution in [1.29, 1.82) is 5.26 Å². The second kappa shape index (κ2) is 73.0. The molecule has 2 aromatic rings. The molecule has 86 heavy (non-hydrogen) atoms. The number of hydrogen-bond acceptors (Lipinski definition) is 11. The van der Waals surface area contributed by atoms with Crippen molar-refractivity contribution in [2.45, 2.75) is 85.3 Å². The first-order chi connectivity index (χ1) is 41.3. The van der Waals surface area contributed by atoms with Crippen molar-refractivity contribution in [3.05, 3.63) is 70.8 Å². The molecule has 5 rings (SSSR count). The fourth-order valence-corrected chi connectivity index (χ4v) is 101. The second-order valence-electron chi connectivity index (χ2n) is 14.0. The number of nitriles is 1. The Morgan fingerprint density at radius 2 is 0.640 bits per heavy atom. The summed E-state index contributed by atoms with van der Waals surface area (Å²) in [4.78, 5) is 0. The molecule has 2 aromatic carbocycles. The Balaban J connectivity index is -0.00000104. The summed E-state index contributed by atoms with van der Waals surface area (Å²) in [6.07, 6.45) is 6.39. The molecule has 52 heteroatoms. The molecule has 0 radical (unpaired) electrons. The van der Waals surface area contributed by atoms with Crippen LogP contribution in [0.2, 0.25) is 0 Å². The largest absolute Gasteiger partial charge is 1.00 e. The molecule has 0 amide bonds. The molecule has 0 unspecified atom stereocenters. The summed E-state index contributed by atoms with van der Waals surface area (Å²) in [7, 11) is 67.1. The second-order valence-corrected chi connectivity index (χ2v) is 83.0. The van der Waals surface area contributed by atoms with Crippen LogP contribution in [0.4, 0.5) is 0 Å². The molecule has 0 spiro atoms. The Morgan fingerprint density at radius 3 is 0.814 bits per heavy atom. The van der Waals surface area contributed by atoms with Crippen molar-refractivity contribution in [3.63, 3.8) is 0 Å². The van der Waals surface area contributed by atoms with Crippen LogP contribution in [0.3, 0.4) is 0 Å². The molecule has 3 saturated heterocycles. The van der Waals surface area contributed by atoms with Gasteiger partial charge < -0.3 is 30.8 Å². The van der Waals surface area contributed by atoms with E-state index in [1.807, 2.05) is 36.4 Å². The van der Waals surface area contributed by atoms with Crippen LogP contribution in [0.15, 0.2) is 48.5 Å². The summed E-state index contributed by atoms with van der Waals surface area (Å²) in [5, 5.41) is 8.76. The third-order valence-electron chi connectivity index (χ3n) is 9.82. The summed E-state index contributed by atoms with van der Waals surface area (Å²) >= 11 is 19.0. The van der Waals surface area contributed by atoms with Crippen molar-refractivity contribution >= 4 is 408 Å². The molecule has 3 aliphatic heterocycles. The van der Waals surface area contributed by atoms with E-state index in [4.69, 9.17) is 79.4 Å². The number of nitrogens with zero attached hydrogens (tertiary/aromatic N) is 1. The van der Waals surface area contributed by atoms with Gasteiger partial charge in [0.25, 0.3) is 0 Å². The summed E-state index contributed by atoms with van der Waals surface area (Å²) in [5.41, 5.74) is 9.81. The first-order valence-electron chi connectivity index (χ1n) is 22.1. The van der Waals surface area contributed by atoms with Gasteiger partial charge in [-0.2, -0.15) is 5.26 Å². The number of benzene rings is 2. The molecule has 3 heterocycles. The van der Waals surface area contributed by atoms with E-state index >= 15 is 0 Å². The fourth-order valence-electron chi connectivity index (χ4n) is 5.32. The third kappa shape index (κ3) is 55.0. The number of ether oxygens (including phenoxy) is 5. The van der Waals surface area contributed by atoms with Gasteiger partial charge in [0.2, 0.25) is 0 Å². The van der Waals surface area contributed by atoms with E-state index in [1.54, 1.807) is 323 Å². The van der Waals surface area contributed by atoms with Gasteiger partial charge in [-0.15, -0.1) is 0 Å². The van der Waals surface area contributed by atoms with E-state index in [-0.39, 0.29) is 61.1 Å². The molecule has 3 fully saturated rings. The van der Waals surface area contributed by atoms with E-state index in [0.29, 0.717) is 12.1 Å². The third-order valence-corrected chi connectivity index (χ3v) is 92.0. The van der Waals surface area contributed by atoms with Gasteiger partial charge in [0.15, 0.2) is 29.9 Å². The number of hydrogen-bond donors (Lipinski definition) is 1. The first kappa shape index (κ1) is 96.3. The zero-order chi connectivity index (χ0) is 61.1. The topological polar surface area (TPSA) is 96.0 Å². The van der Waals surface area contributed by atoms with Gasteiger partial charge in [-0.05, 0) is 56.2 Å². The van der Waals surface area contributed by atoms with Crippen LogP contribution in [0.5, 0.6) is 0 Å². The zero-order valence-corrected chi connectivity index (χ0v) is 79.2. The molecular weight excluding hydrogens is 1930 g/mol. The molecule has 0 aliphatic carbocycles. The zero-order valence-electron chi connectivity index (χ0n) is 45.1. The predicted molar refractivity (Wildman–Crippen MR) is 489 cm³/mol. The van der Waals surface area contributed by atoms with Crippen LogP contribution in [0.1, 0.15) is 102 Å². The van der Waals surface area contributed by atoms with Gasteiger partial charge in [-0.3, -0.25) is 0 Å². The van der Waals surface area contributed by atoms with Gasteiger partial charge in [0.05, 0.1) is 38.1 Å². The first-order valence-corrected chi connectivity index (χ1v) is 76.8. The molecule has 7 nitrogen and oxygen atoms in total. The Labute approximate surface area is 662 Å². The van der Waals surface area contributed by atoms with Gasteiger partial charge >= 0.3 is 18.9 Å². The van der Waals surface area contributed by atoms with Crippen LogP contribution in [0.25, 0.3) is 0 Å². The van der Waals surface area contributed by atoms with E-state index in [1.165, 1.54) is 48.4 Å². The molecule has 0 bridgehead atoms. The normalized spacial score (nSPS) is 13.3. The Kier molecular flexibility index (Phi) is 81.8. The summed E-state index contributed by atoms with van der Waals surface area (Å²) in [5.74, 6) is 0. The standard InChI is InChI=1S/C15H23NO2.C15H19NO2.C4H8O.Al.Li.S22.S21.4H/c2*1-3-15(4-2)10-17-14(18-11-15)13-7-5-12(9-16)6-8-13;1-2-4-5-3-1;;;1-3-5-7-9-11-13-15-17-19-21-22-20-18-16-14-12-10-8-6-4-2;1-3-5-7-9-11-13-15-17-19-21-20-18-16-14-12-10-8-6-4-2;;;;/h5-8,14H,3-4,9-11,16H2,1-2H3;5-8,14H,3-4,10-11H2,1-2H3;1-4H2;;;;;;;;/q;;;;+1;;;;;;-1. The van der Waals surface area contributed by atoms with Crippen LogP contribution in [-0.4, -0.2) is 57.0 Å². The van der Waals surface area contributed by atoms with Gasteiger partial charge in [0.1, 0.15) is 0 Å². The minimum absolute atomic E-state index is 0. The smallest absolute Gasteiger partial charge is 1.00 e. The molecule has 2 N–H and O–H groups in total. The SMILES string of the molecule is C1CCOC1.CCC1(CC)COC(c2ccc(C#N)cc2)OC1.CCC1(CC)COC(c2ccc(CN)cc2)OC1.S=S=S=S=S=S=S=S=S=S=S=S=S=S=S=S=S=S=S=S=S.S=S=S=S=S=S=S=S=S=S=S=S=S=S=S=S=S=S=S=S=S=S.[AlH3].[H-].[Li+]. The van der Waals surface area contributed by atoms with Crippen LogP contribution >= 0.6 is 0 Å². The molecule has 0 aromatic heterocycles. The minimum atomic E-state index is -0.288. The van der Waals surface area contributed by atoms with Gasteiger partial charge in [-0.25, -0.2) is 0 Å². The fraction of sp³-hybridized carbons (Fsp3) is 0.618. The average molecular weight is 1980 g/mol. The number of nitrogens with two attached hydrogens (primary N) is 1. The average Bonchev–Trinajstić information content (AvgIpc) is 4.23. The van der Waals surface area contributed by atoms with Crippen molar-refractivity contribution in [2.24, 2.45) is 16.6 Å². The summed E-state index contributed by atoms with van der Waals surface area (Å²) in [6, 6.07) is 17.6. The van der Waals surface area contributed by atoms with Gasteiger partial charge in [-0.1, -0.05) is 64.1 Å². The quantitative estimate of drug-likeness (QED) is 0.416. The Hall–Kier alpha value is 8.28. The molecule has 3 aliphatic rings. The van der Waals surface area contributed by atoms with E-state index in [9.17, 15) is 0 Å². The van der Waals surface area contributed by atoms with Crippen molar-refractivity contribution in [1.82, 2.24) is 0 Å². The maximum Gasteiger partial charge on any atom is 1.00 e. The minimum Gasteiger partial charge on any atom is -1.00 e. The number of rotatable bonds is 7. The van der Waals surface area contributed by atoms with Crippen molar-refractivity contribution < 1.29 is 44.0 Å². The summed E-state index contributed by atoms with van der Waals surface area (Å²) < 4.78 is 28.4. The van der Waals surface area contributed by atoms with Crippen molar-refractivity contribution in [2.75, 3.05) is 39.6 Å².